The van der Waals surface area contributed by atoms with Gasteiger partial charge < -0.3 is 10.1 Å². The number of hydrogen-bond acceptors (Lipinski definition) is 4. The second-order valence-electron chi connectivity index (χ2n) is 5.56. The molecule has 5 nitrogen and oxygen atoms in total. The third kappa shape index (κ3) is 4.05. The van der Waals surface area contributed by atoms with Gasteiger partial charge in [0.15, 0.2) is 5.82 Å². The van der Waals surface area contributed by atoms with Gasteiger partial charge in [-0.3, -0.25) is 0 Å². The first-order chi connectivity index (χ1) is 10.4. The molecular weight excluding hydrogens is 375 g/mol. The molecule has 0 aliphatic carbocycles. The molecule has 0 saturated carbocycles. The van der Waals surface area contributed by atoms with E-state index < -0.39 is 15.8 Å². The minimum absolute atomic E-state index is 0.129. The van der Waals surface area contributed by atoms with E-state index in [-0.39, 0.29) is 21.3 Å². The first-order valence-electron chi connectivity index (χ1n) is 7.04. The minimum Gasteiger partial charge on any atom is -0.384 e. The van der Waals surface area contributed by atoms with Crippen molar-refractivity contribution in [3.63, 3.8) is 0 Å². The third-order valence-electron chi connectivity index (χ3n) is 3.96. The van der Waals surface area contributed by atoms with Gasteiger partial charge in [0.1, 0.15) is 4.90 Å². The van der Waals surface area contributed by atoms with E-state index in [1.807, 2.05) is 0 Å². The van der Waals surface area contributed by atoms with E-state index in [1.54, 1.807) is 7.11 Å². The zero-order valence-corrected chi connectivity index (χ0v) is 14.8. The molecule has 0 atom stereocenters. The first kappa shape index (κ1) is 17.8. The van der Waals surface area contributed by atoms with Gasteiger partial charge in [0.25, 0.3) is 0 Å². The smallest absolute Gasteiger partial charge is 0.243 e. The molecule has 0 radical (unpaired) electrons. The molecule has 2 N–H and O–H groups in total. The minimum atomic E-state index is -3.90. The predicted octanol–water partition coefficient (Wildman–Crippen LogP) is 1.88. The maximum atomic E-state index is 14.0. The van der Waals surface area contributed by atoms with Crippen LogP contribution < -0.4 is 10.0 Å². The zero-order chi connectivity index (χ0) is 16.2. The molecule has 1 aromatic rings. The topological polar surface area (TPSA) is 67.4 Å². The molecule has 1 aliphatic heterocycles. The van der Waals surface area contributed by atoms with Crippen LogP contribution in [0.5, 0.6) is 0 Å². The van der Waals surface area contributed by atoms with Gasteiger partial charge in [-0.05, 0) is 54.0 Å². The number of halogens is 2. The van der Waals surface area contributed by atoms with E-state index >= 15 is 0 Å². The average Bonchev–Trinajstić information content (AvgIpc) is 2.49. The van der Waals surface area contributed by atoms with Gasteiger partial charge in [-0.15, -0.1) is 0 Å². The van der Waals surface area contributed by atoms with E-state index in [1.165, 1.54) is 18.2 Å². The molecule has 0 bridgehead atoms. The number of piperidine rings is 1. The van der Waals surface area contributed by atoms with Crippen molar-refractivity contribution in [3.05, 3.63) is 28.5 Å². The van der Waals surface area contributed by atoms with Crippen molar-refractivity contribution >= 4 is 26.0 Å². The molecule has 0 unspecified atom stereocenters. The van der Waals surface area contributed by atoms with Crippen molar-refractivity contribution in [2.45, 2.75) is 17.7 Å². The molecular formula is C14H20BrFN2O3S. The normalized spacial score (nSPS) is 18.3. The van der Waals surface area contributed by atoms with Gasteiger partial charge >= 0.3 is 0 Å². The maximum absolute atomic E-state index is 14.0. The Bertz CT molecular complexity index is 613. The highest BCUT2D eigenvalue weighted by molar-refractivity contribution is 9.10. The van der Waals surface area contributed by atoms with Crippen molar-refractivity contribution in [2.24, 2.45) is 5.41 Å². The summed E-state index contributed by atoms with van der Waals surface area (Å²) in [6.07, 6.45) is 1.62. The van der Waals surface area contributed by atoms with Crippen molar-refractivity contribution < 1.29 is 17.5 Å². The second kappa shape index (κ2) is 7.35. The highest BCUT2D eigenvalue weighted by Gasteiger charge is 2.34. The lowest BCUT2D eigenvalue weighted by Crippen LogP contribution is -2.47. The Morgan fingerprint density at radius 1 is 1.41 bits per heavy atom. The van der Waals surface area contributed by atoms with Gasteiger partial charge in [-0.25, -0.2) is 17.5 Å². The molecule has 1 saturated heterocycles. The van der Waals surface area contributed by atoms with Crippen molar-refractivity contribution in [3.8, 4) is 0 Å². The van der Waals surface area contributed by atoms with Gasteiger partial charge in [-0.2, -0.15) is 0 Å². The van der Waals surface area contributed by atoms with E-state index in [0.717, 1.165) is 25.9 Å². The Kier molecular flexibility index (Phi) is 5.95. The van der Waals surface area contributed by atoms with Crippen LogP contribution in [0.1, 0.15) is 12.8 Å². The lowest BCUT2D eigenvalue weighted by atomic mass is 9.80. The number of ether oxygens (including phenoxy) is 1. The monoisotopic (exact) mass is 394 g/mol. The first-order valence-corrected chi connectivity index (χ1v) is 9.31. The van der Waals surface area contributed by atoms with Crippen LogP contribution in [0.2, 0.25) is 0 Å². The average molecular weight is 395 g/mol. The summed E-state index contributed by atoms with van der Waals surface area (Å²) in [6, 6.07) is 4.22. The van der Waals surface area contributed by atoms with E-state index in [4.69, 9.17) is 4.74 Å². The summed E-state index contributed by atoms with van der Waals surface area (Å²) in [6.45, 7) is 2.33. The Labute approximate surface area is 138 Å². The van der Waals surface area contributed by atoms with Crippen LogP contribution in [0.25, 0.3) is 0 Å². The van der Waals surface area contributed by atoms with Crippen LogP contribution in [-0.4, -0.2) is 41.8 Å². The molecule has 2 rings (SSSR count). The Morgan fingerprint density at radius 3 is 2.73 bits per heavy atom. The standard InChI is InChI=1S/C14H20BrFN2O3S/c1-21-10-14(5-7-17-8-6-14)9-18-22(19,20)12-4-2-3-11(15)13(12)16/h2-4,17-18H,5-10H2,1H3. The molecule has 0 amide bonds. The lowest BCUT2D eigenvalue weighted by molar-refractivity contribution is 0.0577. The van der Waals surface area contributed by atoms with Crippen LogP contribution in [0.15, 0.2) is 27.6 Å². The predicted molar refractivity (Wildman–Crippen MR) is 85.7 cm³/mol. The summed E-state index contributed by atoms with van der Waals surface area (Å²) < 4.78 is 46.7. The highest BCUT2D eigenvalue weighted by atomic mass is 79.9. The zero-order valence-electron chi connectivity index (χ0n) is 12.4. The summed E-state index contributed by atoms with van der Waals surface area (Å²) in [5.74, 6) is -0.777. The van der Waals surface area contributed by atoms with Crippen LogP contribution in [0.4, 0.5) is 4.39 Å². The van der Waals surface area contributed by atoms with E-state index in [9.17, 15) is 12.8 Å². The highest BCUT2D eigenvalue weighted by Crippen LogP contribution is 2.29. The van der Waals surface area contributed by atoms with Gasteiger partial charge in [0, 0.05) is 19.1 Å². The fourth-order valence-electron chi connectivity index (χ4n) is 2.65. The van der Waals surface area contributed by atoms with E-state index in [2.05, 4.69) is 26.0 Å². The maximum Gasteiger partial charge on any atom is 0.243 e. The number of methoxy groups -OCH3 is 1. The molecule has 8 heteroatoms. The number of rotatable bonds is 6. The van der Waals surface area contributed by atoms with Crippen LogP contribution in [0.3, 0.4) is 0 Å². The summed E-state index contributed by atoms with van der Waals surface area (Å²) in [5.41, 5.74) is -0.254. The van der Waals surface area contributed by atoms with Crippen molar-refractivity contribution in [1.82, 2.24) is 10.0 Å². The molecule has 1 aliphatic rings. The number of nitrogens with one attached hydrogen (secondary N) is 2. The SMILES string of the molecule is COCC1(CNS(=O)(=O)c2cccc(Br)c2F)CCNCC1. The molecule has 22 heavy (non-hydrogen) atoms. The van der Waals surface area contributed by atoms with Crippen molar-refractivity contribution in [2.75, 3.05) is 33.4 Å². The Morgan fingerprint density at radius 2 is 2.09 bits per heavy atom. The van der Waals surface area contributed by atoms with Crippen molar-refractivity contribution in [1.29, 1.82) is 0 Å². The summed E-state index contributed by atoms with van der Waals surface area (Å²) in [7, 11) is -2.30. The molecule has 0 aromatic heterocycles. The Balaban J connectivity index is 2.16. The van der Waals surface area contributed by atoms with Gasteiger partial charge in [-0.1, -0.05) is 6.07 Å². The number of hydrogen-bond donors (Lipinski definition) is 2. The van der Waals surface area contributed by atoms with Gasteiger partial charge in [0.05, 0.1) is 11.1 Å². The molecule has 1 aromatic carbocycles. The van der Waals surface area contributed by atoms with Crippen LogP contribution in [-0.2, 0) is 14.8 Å². The number of benzene rings is 1. The third-order valence-corrected chi connectivity index (χ3v) is 5.99. The second-order valence-corrected chi connectivity index (χ2v) is 8.15. The van der Waals surface area contributed by atoms with E-state index in [0.29, 0.717) is 6.61 Å². The number of sulfonamides is 1. The summed E-state index contributed by atoms with van der Waals surface area (Å²) >= 11 is 3.01. The molecule has 0 spiro atoms. The summed E-state index contributed by atoms with van der Waals surface area (Å²) in [4.78, 5) is -0.344. The molecule has 124 valence electrons. The quantitative estimate of drug-likeness (QED) is 0.772. The molecule has 1 heterocycles. The van der Waals surface area contributed by atoms with Gasteiger partial charge in [0.2, 0.25) is 10.0 Å². The van der Waals surface area contributed by atoms with Crippen LogP contribution in [0, 0.1) is 11.2 Å². The van der Waals surface area contributed by atoms with Crippen LogP contribution >= 0.6 is 15.9 Å². The molecule has 1 fully saturated rings. The lowest BCUT2D eigenvalue weighted by Gasteiger charge is -2.37. The largest absolute Gasteiger partial charge is 0.384 e. The fraction of sp³-hybridized carbons (Fsp3) is 0.571. The fourth-order valence-corrected chi connectivity index (χ4v) is 4.41. The Hall–Kier alpha value is -0.540. The summed E-state index contributed by atoms with van der Waals surface area (Å²) in [5, 5.41) is 3.24.